The van der Waals surface area contributed by atoms with Gasteiger partial charge >= 0.3 is 0 Å². The lowest BCUT2D eigenvalue weighted by atomic mass is 10.2. The average molecular weight is 233 g/mol. The molecule has 17 heavy (non-hydrogen) atoms. The van der Waals surface area contributed by atoms with E-state index in [1.165, 1.54) is 12.4 Å². The molecule has 90 valence electrons. The summed E-state index contributed by atoms with van der Waals surface area (Å²) in [6, 6.07) is 1.53. The summed E-state index contributed by atoms with van der Waals surface area (Å²) in [5, 5.41) is 4.06. The first-order valence-corrected chi connectivity index (χ1v) is 5.45. The fraction of sp³-hybridized carbons (Fsp3) is 0.364. The molecular formula is C11H15N5O. The first-order chi connectivity index (χ1) is 8.11. The molecule has 0 aliphatic carbocycles. The number of anilines is 1. The lowest BCUT2D eigenvalue weighted by molar-refractivity contribution is 0.586. The van der Waals surface area contributed by atoms with Crippen molar-refractivity contribution < 1.29 is 0 Å². The molecule has 0 aliphatic rings. The molecule has 0 saturated carbocycles. The summed E-state index contributed by atoms with van der Waals surface area (Å²) in [5.41, 5.74) is 7.10. The van der Waals surface area contributed by atoms with Gasteiger partial charge in [-0.3, -0.25) is 4.79 Å². The van der Waals surface area contributed by atoms with E-state index in [0.29, 0.717) is 12.2 Å². The fourth-order valence-corrected chi connectivity index (χ4v) is 1.64. The maximum atomic E-state index is 11.8. The van der Waals surface area contributed by atoms with Crippen LogP contribution in [0.1, 0.15) is 18.3 Å². The number of aromatic nitrogens is 4. The molecule has 2 aromatic heterocycles. The van der Waals surface area contributed by atoms with Crippen LogP contribution in [0.15, 0.2) is 23.4 Å². The molecule has 0 unspecified atom stereocenters. The van der Waals surface area contributed by atoms with Crippen LogP contribution in [0.25, 0.3) is 0 Å². The number of nitrogens with zero attached hydrogens (tertiary/aromatic N) is 4. The minimum Gasteiger partial charge on any atom is -0.397 e. The number of nitrogen functional groups attached to an aromatic ring is 1. The van der Waals surface area contributed by atoms with E-state index >= 15 is 0 Å². The van der Waals surface area contributed by atoms with E-state index in [1.807, 2.05) is 13.8 Å². The second kappa shape index (κ2) is 4.40. The molecular weight excluding hydrogens is 218 g/mol. The quantitative estimate of drug-likeness (QED) is 0.832. The Morgan fingerprint density at radius 1 is 1.47 bits per heavy atom. The Labute approximate surface area is 98.7 Å². The van der Waals surface area contributed by atoms with Gasteiger partial charge in [-0.25, -0.2) is 9.67 Å². The fourth-order valence-electron chi connectivity index (χ4n) is 1.64. The standard InChI is InChI=1S/C11H15N5O/c1-3-16-10(13-7-14-16)6-15-5-9(12)8(2)4-11(15)17/h4-5,7H,3,6,12H2,1-2H3. The summed E-state index contributed by atoms with van der Waals surface area (Å²) in [7, 11) is 0. The minimum atomic E-state index is -0.0812. The van der Waals surface area contributed by atoms with Crippen LogP contribution in [-0.2, 0) is 13.1 Å². The van der Waals surface area contributed by atoms with Crippen molar-refractivity contribution in [3.63, 3.8) is 0 Å². The Balaban J connectivity index is 2.37. The third kappa shape index (κ3) is 2.20. The van der Waals surface area contributed by atoms with Gasteiger partial charge in [0.2, 0.25) is 0 Å². The lowest BCUT2D eigenvalue weighted by Crippen LogP contribution is -2.22. The van der Waals surface area contributed by atoms with Crippen LogP contribution in [0.5, 0.6) is 0 Å². The van der Waals surface area contributed by atoms with Crippen LogP contribution >= 0.6 is 0 Å². The SMILES string of the molecule is CCn1ncnc1Cn1cc(N)c(C)cc1=O. The Morgan fingerprint density at radius 2 is 2.24 bits per heavy atom. The van der Waals surface area contributed by atoms with Gasteiger partial charge in [0.1, 0.15) is 12.2 Å². The van der Waals surface area contributed by atoms with Crippen molar-refractivity contribution in [1.29, 1.82) is 0 Å². The van der Waals surface area contributed by atoms with Gasteiger partial charge in [-0.15, -0.1) is 0 Å². The zero-order valence-electron chi connectivity index (χ0n) is 9.92. The van der Waals surface area contributed by atoms with E-state index in [4.69, 9.17) is 5.73 Å². The predicted molar refractivity (Wildman–Crippen MR) is 64.6 cm³/mol. The maximum absolute atomic E-state index is 11.8. The Bertz CT molecular complexity index is 584. The summed E-state index contributed by atoms with van der Waals surface area (Å²) >= 11 is 0. The van der Waals surface area contributed by atoms with Crippen LogP contribution in [0.3, 0.4) is 0 Å². The van der Waals surface area contributed by atoms with E-state index in [-0.39, 0.29) is 5.56 Å². The van der Waals surface area contributed by atoms with E-state index in [1.54, 1.807) is 15.4 Å². The first kappa shape index (κ1) is 11.4. The molecule has 2 N–H and O–H groups in total. The summed E-state index contributed by atoms with van der Waals surface area (Å²) in [4.78, 5) is 15.9. The van der Waals surface area contributed by atoms with Crippen LogP contribution in [0.2, 0.25) is 0 Å². The van der Waals surface area contributed by atoms with E-state index in [2.05, 4.69) is 10.1 Å². The van der Waals surface area contributed by atoms with Crippen molar-refractivity contribution >= 4 is 5.69 Å². The number of nitrogens with two attached hydrogens (primary N) is 1. The Kier molecular flexibility index (Phi) is 2.95. The molecule has 0 aromatic carbocycles. The molecule has 2 rings (SSSR count). The zero-order valence-corrected chi connectivity index (χ0v) is 9.92. The average Bonchev–Trinajstić information content (AvgIpc) is 2.73. The van der Waals surface area contributed by atoms with E-state index < -0.39 is 0 Å². The van der Waals surface area contributed by atoms with Gasteiger partial charge in [-0.1, -0.05) is 0 Å². The number of hydrogen-bond acceptors (Lipinski definition) is 4. The summed E-state index contributed by atoms with van der Waals surface area (Å²) in [6.07, 6.45) is 3.13. The highest BCUT2D eigenvalue weighted by Crippen LogP contribution is 2.06. The largest absolute Gasteiger partial charge is 0.397 e. The Hall–Kier alpha value is -2.11. The van der Waals surface area contributed by atoms with Gasteiger partial charge in [0.25, 0.3) is 5.56 Å². The van der Waals surface area contributed by atoms with Gasteiger partial charge in [0.05, 0.1) is 12.2 Å². The molecule has 0 saturated heterocycles. The van der Waals surface area contributed by atoms with E-state index in [0.717, 1.165) is 17.9 Å². The van der Waals surface area contributed by atoms with Crippen molar-refractivity contribution in [1.82, 2.24) is 19.3 Å². The maximum Gasteiger partial charge on any atom is 0.251 e. The van der Waals surface area contributed by atoms with Gasteiger partial charge in [-0.05, 0) is 19.4 Å². The molecule has 2 aromatic rings. The smallest absolute Gasteiger partial charge is 0.251 e. The third-order valence-corrected chi connectivity index (χ3v) is 2.68. The summed E-state index contributed by atoms with van der Waals surface area (Å²) in [6.45, 7) is 4.91. The second-order valence-electron chi connectivity index (χ2n) is 3.87. The van der Waals surface area contributed by atoms with Crippen LogP contribution in [-0.4, -0.2) is 19.3 Å². The van der Waals surface area contributed by atoms with Crippen molar-refractivity contribution in [2.75, 3.05) is 5.73 Å². The first-order valence-electron chi connectivity index (χ1n) is 5.45. The highest BCUT2D eigenvalue weighted by Gasteiger charge is 2.06. The van der Waals surface area contributed by atoms with Gasteiger partial charge in [0.15, 0.2) is 0 Å². The third-order valence-electron chi connectivity index (χ3n) is 2.68. The molecule has 6 heteroatoms. The molecule has 0 fully saturated rings. The second-order valence-corrected chi connectivity index (χ2v) is 3.87. The summed E-state index contributed by atoms with van der Waals surface area (Å²) in [5.74, 6) is 0.748. The monoisotopic (exact) mass is 233 g/mol. The summed E-state index contributed by atoms with van der Waals surface area (Å²) < 4.78 is 3.29. The molecule has 0 aliphatic heterocycles. The van der Waals surface area contributed by atoms with Crippen molar-refractivity contribution in [2.24, 2.45) is 0 Å². The molecule has 6 nitrogen and oxygen atoms in total. The number of aryl methyl sites for hydroxylation is 2. The zero-order chi connectivity index (χ0) is 12.4. The van der Waals surface area contributed by atoms with Crippen molar-refractivity contribution in [3.8, 4) is 0 Å². The molecule has 2 heterocycles. The van der Waals surface area contributed by atoms with Crippen LogP contribution < -0.4 is 11.3 Å². The molecule has 0 amide bonds. The van der Waals surface area contributed by atoms with Crippen LogP contribution in [0.4, 0.5) is 5.69 Å². The van der Waals surface area contributed by atoms with Crippen LogP contribution in [0, 0.1) is 6.92 Å². The molecule has 0 bridgehead atoms. The van der Waals surface area contributed by atoms with Crippen molar-refractivity contribution in [3.05, 3.63) is 40.3 Å². The topological polar surface area (TPSA) is 78.7 Å². The van der Waals surface area contributed by atoms with Crippen molar-refractivity contribution in [2.45, 2.75) is 26.9 Å². The minimum absolute atomic E-state index is 0.0812. The number of hydrogen-bond donors (Lipinski definition) is 1. The van der Waals surface area contributed by atoms with Gasteiger partial charge in [0, 0.05) is 18.8 Å². The highest BCUT2D eigenvalue weighted by molar-refractivity contribution is 5.43. The van der Waals surface area contributed by atoms with E-state index in [9.17, 15) is 4.79 Å². The molecule has 0 radical (unpaired) electrons. The van der Waals surface area contributed by atoms with Gasteiger partial charge < -0.3 is 10.3 Å². The number of rotatable bonds is 3. The highest BCUT2D eigenvalue weighted by atomic mass is 16.1. The lowest BCUT2D eigenvalue weighted by Gasteiger charge is -2.08. The molecule has 0 atom stereocenters. The molecule has 0 spiro atoms. The predicted octanol–water partition coefficient (Wildman–Crippen LogP) is 0.399. The normalized spacial score (nSPS) is 10.7. The Morgan fingerprint density at radius 3 is 2.94 bits per heavy atom. The number of pyridine rings is 1. The van der Waals surface area contributed by atoms with Gasteiger partial charge in [-0.2, -0.15) is 5.10 Å².